The number of aliphatic hydroxyl groups excluding tert-OH is 2. The first-order valence-electron chi connectivity index (χ1n) is 11.9. The van der Waals surface area contributed by atoms with Crippen molar-refractivity contribution in [1.29, 1.82) is 0 Å². The van der Waals surface area contributed by atoms with Crippen molar-refractivity contribution in [2.45, 2.75) is 36.9 Å². The molecule has 0 radical (unpaired) electrons. The molecular formula is C23H30N10O5. The third-order valence-electron chi connectivity index (χ3n) is 6.14. The minimum atomic E-state index is -1.21. The zero-order chi connectivity index (χ0) is 27.2. The van der Waals surface area contributed by atoms with E-state index < -0.39 is 43.0 Å². The molecule has 4 rings (SSSR count). The zero-order valence-corrected chi connectivity index (χ0v) is 21.0. The molecule has 202 valence electrons. The number of nitrogens with zero attached hydrogens (tertiary/aromatic N) is 8. The van der Waals surface area contributed by atoms with Crippen LogP contribution < -0.4 is 20.7 Å². The van der Waals surface area contributed by atoms with Crippen LogP contribution in [0.4, 0.5) is 5.82 Å². The van der Waals surface area contributed by atoms with Gasteiger partial charge in [-0.25, -0.2) is 15.0 Å². The summed E-state index contributed by atoms with van der Waals surface area (Å²) < 4.78 is 12.9. The van der Waals surface area contributed by atoms with E-state index in [9.17, 15) is 15.0 Å². The fourth-order valence-corrected chi connectivity index (χ4v) is 4.25. The van der Waals surface area contributed by atoms with Crippen LogP contribution in [0.3, 0.4) is 0 Å². The number of nitrogens with one attached hydrogen (secondary N) is 1. The zero-order valence-electron chi connectivity index (χ0n) is 21.0. The van der Waals surface area contributed by atoms with Gasteiger partial charge in [-0.15, -0.1) is 0 Å². The third kappa shape index (κ3) is 5.77. The van der Waals surface area contributed by atoms with Crippen LogP contribution in [-0.4, -0.2) is 93.8 Å². The van der Waals surface area contributed by atoms with E-state index in [-0.39, 0.29) is 19.6 Å². The maximum Gasteiger partial charge on any atom is 0.237 e. The summed E-state index contributed by atoms with van der Waals surface area (Å²) in [6, 6.07) is 5.20. The van der Waals surface area contributed by atoms with Crippen LogP contribution in [-0.2, 0) is 16.0 Å². The molecule has 15 nitrogen and oxygen atoms in total. The molecule has 0 saturated carbocycles. The quantitative estimate of drug-likeness (QED) is 0.113. The van der Waals surface area contributed by atoms with Crippen LogP contribution in [0.25, 0.3) is 21.6 Å². The number of hydrogen-bond donors (Lipinski definition) is 4. The van der Waals surface area contributed by atoms with Gasteiger partial charge in [-0.3, -0.25) is 9.36 Å². The van der Waals surface area contributed by atoms with Crippen LogP contribution in [0, 0.1) is 0 Å². The number of aliphatic hydroxyl groups is 2. The molecule has 3 aromatic rings. The van der Waals surface area contributed by atoms with Crippen molar-refractivity contribution in [1.82, 2.24) is 24.8 Å². The largest absolute Gasteiger partial charge is 0.493 e. The predicted octanol–water partition coefficient (Wildman–Crippen LogP) is -0.113. The summed E-state index contributed by atoms with van der Waals surface area (Å²) in [6.45, 7) is 0.0415. The van der Waals surface area contributed by atoms with Gasteiger partial charge in [-0.05, 0) is 29.6 Å². The molecule has 2 aromatic heterocycles. The lowest BCUT2D eigenvalue weighted by atomic mass is 10.0. The molecule has 0 aliphatic carbocycles. The fraction of sp³-hybridized carbons (Fsp3) is 0.478. The smallest absolute Gasteiger partial charge is 0.237 e. The highest BCUT2D eigenvalue weighted by Crippen LogP contribution is 2.32. The van der Waals surface area contributed by atoms with Crippen molar-refractivity contribution in [2.75, 3.05) is 38.8 Å². The number of fused-ring (bicyclic) bond motifs is 1. The van der Waals surface area contributed by atoms with E-state index in [0.717, 1.165) is 5.56 Å². The molecule has 0 unspecified atom stereocenters. The van der Waals surface area contributed by atoms with Gasteiger partial charge in [-0.1, -0.05) is 17.2 Å². The second-order valence-electron chi connectivity index (χ2n) is 8.95. The standard InChI is InChI=1S/C23H30N10O5/c1-32(2)20-18-21(27-11-26-20)33(12-28-18)23-19(35)17(16(10-34)38-23)30-22(36)15(24)9-13-3-5-14(6-4-13)37-8-7-29-31-25/h3-6,11-12,15-17,19,23,34-35H,7-10,24H2,1-2H3,(H,30,36)/t15-,16+,17+,19+,23+/m0/s1. The van der Waals surface area contributed by atoms with Gasteiger partial charge in [-0.2, -0.15) is 0 Å². The molecule has 1 aromatic carbocycles. The summed E-state index contributed by atoms with van der Waals surface area (Å²) in [5, 5.41) is 27.1. The van der Waals surface area contributed by atoms with Crippen molar-refractivity contribution in [3.63, 3.8) is 0 Å². The van der Waals surface area contributed by atoms with Gasteiger partial charge in [0.2, 0.25) is 5.91 Å². The van der Waals surface area contributed by atoms with Gasteiger partial charge >= 0.3 is 0 Å². The molecule has 1 aliphatic heterocycles. The number of ether oxygens (including phenoxy) is 2. The molecule has 1 saturated heterocycles. The highest BCUT2D eigenvalue weighted by Gasteiger charge is 2.46. The van der Waals surface area contributed by atoms with E-state index in [2.05, 4.69) is 30.3 Å². The van der Waals surface area contributed by atoms with E-state index in [1.54, 1.807) is 33.7 Å². The number of rotatable bonds is 11. The van der Waals surface area contributed by atoms with Crippen LogP contribution >= 0.6 is 0 Å². The lowest BCUT2D eigenvalue weighted by Crippen LogP contribution is -2.53. The first kappa shape index (κ1) is 27.0. The predicted molar refractivity (Wildman–Crippen MR) is 136 cm³/mol. The van der Waals surface area contributed by atoms with Gasteiger partial charge < -0.3 is 35.6 Å². The van der Waals surface area contributed by atoms with Crippen LogP contribution in [0.15, 0.2) is 42.0 Å². The summed E-state index contributed by atoms with van der Waals surface area (Å²) in [5.41, 5.74) is 16.2. The molecule has 0 spiro atoms. The van der Waals surface area contributed by atoms with Crippen LogP contribution in [0.2, 0.25) is 0 Å². The number of anilines is 1. The first-order valence-corrected chi connectivity index (χ1v) is 11.9. The number of azide groups is 1. The molecular weight excluding hydrogens is 496 g/mol. The van der Waals surface area contributed by atoms with Crippen molar-refractivity contribution in [2.24, 2.45) is 10.8 Å². The van der Waals surface area contributed by atoms with Crippen molar-refractivity contribution >= 4 is 22.9 Å². The summed E-state index contributed by atoms with van der Waals surface area (Å²) in [5.74, 6) is 0.695. The topological polar surface area (TPSA) is 210 Å². The first-order chi connectivity index (χ1) is 18.3. The molecule has 5 N–H and O–H groups in total. The maximum atomic E-state index is 12.9. The average Bonchev–Trinajstić information content (AvgIpc) is 3.48. The number of hydrogen-bond acceptors (Lipinski definition) is 11. The van der Waals surface area contributed by atoms with E-state index in [1.165, 1.54) is 12.7 Å². The summed E-state index contributed by atoms with van der Waals surface area (Å²) in [7, 11) is 3.66. The van der Waals surface area contributed by atoms with Crippen LogP contribution in [0.5, 0.6) is 5.75 Å². The number of imidazole rings is 1. The number of carbonyl (C=O) groups excluding carboxylic acids is 1. The van der Waals surface area contributed by atoms with Gasteiger partial charge in [0.25, 0.3) is 0 Å². The molecule has 1 amide bonds. The van der Waals surface area contributed by atoms with Gasteiger partial charge in [0.05, 0.1) is 38.2 Å². The second kappa shape index (κ2) is 12.0. The Kier molecular flexibility index (Phi) is 8.55. The maximum absolute atomic E-state index is 12.9. The highest BCUT2D eigenvalue weighted by atomic mass is 16.5. The Bertz CT molecular complexity index is 1290. The monoisotopic (exact) mass is 526 g/mol. The second-order valence-corrected chi connectivity index (χ2v) is 8.95. The van der Waals surface area contributed by atoms with Crippen molar-refractivity contribution in [3.8, 4) is 5.75 Å². The molecule has 3 heterocycles. The van der Waals surface area contributed by atoms with E-state index in [4.69, 9.17) is 20.7 Å². The lowest BCUT2D eigenvalue weighted by Gasteiger charge is -2.23. The van der Waals surface area contributed by atoms with Crippen LogP contribution in [0.1, 0.15) is 11.8 Å². The van der Waals surface area contributed by atoms with Gasteiger partial charge in [0.15, 0.2) is 23.2 Å². The number of carbonyl (C=O) groups is 1. The molecule has 1 fully saturated rings. The molecule has 1 aliphatic rings. The van der Waals surface area contributed by atoms with E-state index in [1.807, 2.05) is 14.1 Å². The van der Waals surface area contributed by atoms with E-state index >= 15 is 0 Å². The Labute approximate surface area is 217 Å². The van der Waals surface area contributed by atoms with Gasteiger partial charge in [0.1, 0.15) is 24.3 Å². The average molecular weight is 527 g/mol. The molecule has 38 heavy (non-hydrogen) atoms. The third-order valence-corrected chi connectivity index (χ3v) is 6.14. The van der Waals surface area contributed by atoms with Crippen molar-refractivity contribution in [3.05, 3.63) is 52.9 Å². The fourth-order valence-electron chi connectivity index (χ4n) is 4.25. The highest BCUT2D eigenvalue weighted by molar-refractivity contribution is 5.83. The van der Waals surface area contributed by atoms with Gasteiger partial charge in [0, 0.05) is 19.0 Å². The molecule has 0 bridgehead atoms. The number of aromatic nitrogens is 4. The lowest BCUT2D eigenvalue weighted by molar-refractivity contribution is -0.124. The molecule has 5 atom stereocenters. The van der Waals surface area contributed by atoms with Crippen molar-refractivity contribution < 1.29 is 24.5 Å². The Balaban J connectivity index is 1.40. The minimum Gasteiger partial charge on any atom is -0.493 e. The summed E-state index contributed by atoms with van der Waals surface area (Å²) in [6.07, 6.45) is 0.0733. The Morgan fingerprint density at radius 2 is 2.11 bits per heavy atom. The Hall–Kier alpha value is -4.01. The summed E-state index contributed by atoms with van der Waals surface area (Å²) in [4.78, 5) is 30.2. The summed E-state index contributed by atoms with van der Waals surface area (Å²) >= 11 is 0. The number of nitrogens with two attached hydrogens (primary N) is 1. The minimum absolute atomic E-state index is 0.220. The van der Waals surface area contributed by atoms with E-state index in [0.29, 0.717) is 22.7 Å². The Morgan fingerprint density at radius 3 is 2.79 bits per heavy atom. The normalized spacial score (nSPS) is 21.6. The number of benzene rings is 1. The number of amides is 1. The SMILES string of the molecule is CN(C)c1ncnc2c1ncn2[C@@H]1O[C@H](CO)[C@@H](NC(=O)[C@@H](N)Cc2ccc(OCCN=[N+]=[N-])cc2)[C@H]1O. The Morgan fingerprint density at radius 1 is 1.34 bits per heavy atom. The molecule has 15 heteroatoms.